The van der Waals surface area contributed by atoms with Crippen molar-refractivity contribution >= 4 is 153 Å². The normalized spacial score (nSPS) is 25.3. The number of likely N-dealkylation sites (N-methyl/N-ethyl adjacent to an activating group) is 1. The van der Waals surface area contributed by atoms with Gasteiger partial charge >= 0.3 is 12.1 Å². The van der Waals surface area contributed by atoms with Gasteiger partial charge in [0.1, 0.15) is 88.8 Å². The van der Waals surface area contributed by atoms with Crippen molar-refractivity contribution in [3.05, 3.63) is 184 Å². The third-order valence-electron chi connectivity index (χ3n) is 24.1. The maximum atomic E-state index is 15.3. The standard InChI is InChI=1S/C93H118ClN15O20S4/c1-51-20-19-28-75(126-9)93(124)46-74(127-91(123)107-93)52(2)81-92(5,129-81)76(45-78(113)109(7)72-41-57(38-51)42-73(125-8)79(72)94)128-90(122)53(3)108(6)77(112)33-36-130-131-37-35-97-83(115)68(43-58-47-98-64-25-15-13-23-61(58)64)102-88(120)71-50-133-132-49-70(104-82(114)63(96)39-55-21-11-10-12-22-55)87(119)101-67(40-56-29-31-60(111)32-30-56)85(117)103-69(44-59-48-99-65-26-16-14-24-62(59)65)86(118)100-66(27-17-18-34-95)84(116)106-80(54(4)110)89(121)105-71/h10-16,19-26,28-32,41-42,47-48,52-54,63,66-71,74-76,80-81,98-99,110-111,124H,17-18,27,33-40,43-46,49-50,95-96H2,1-9H3,(H,97,115)(H,100,118)(H,101,119)(H,102,120)(H,103,117)(H,104,114)(H,105,121)(H,106,116)(H,107,123)/b28-19+,51-20+/t52-,53+,54-,63-,66+,67+,68?,69-,70+,71+,74+,75-,76+,80+,81+,92+,93+/m1/s1. The number of phenolic OH excluding ortho intramolecular Hbond substituents is 1. The molecule has 0 aliphatic carbocycles. The summed E-state index contributed by atoms with van der Waals surface area (Å²) < 4.78 is 29.8. The highest BCUT2D eigenvalue weighted by molar-refractivity contribution is 8.77. The van der Waals surface area contributed by atoms with E-state index >= 15 is 19.2 Å². The van der Waals surface area contributed by atoms with Gasteiger partial charge in [0.05, 0.1) is 37.5 Å². The smallest absolute Gasteiger partial charge is 0.409 e. The molecule has 4 aliphatic rings. The minimum absolute atomic E-state index is 0.0305. The zero-order valence-electron chi connectivity index (χ0n) is 75.4. The number of aromatic hydroxyl groups is 1. The second-order valence-electron chi connectivity index (χ2n) is 33.8. The molecule has 40 heteroatoms. The van der Waals surface area contributed by atoms with Crippen molar-refractivity contribution in [2.45, 2.75) is 201 Å². The van der Waals surface area contributed by atoms with E-state index in [1.54, 1.807) is 105 Å². The Morgan fingerprint density at radius 3 is 2.09 bits per heavy atom. The summed E-state index contributed by atoms with van der Waals surface area (Å²) in [4.78, 5) is 185. The molecule has 1 unspecified atom stereocenters. The molecule has 7 aromatic rings. The number of aromatic amines is 2. The van der Waals surface area contributed by atoms with E-state index in [4.69, 9.17) is 46.8 Å². The Morgan fingerprint density at radius 1 is 0.767 bits per heavy atom. The highest BCUT2D eigenvalue weighted by Crippen LogP contribution is 2.50. The molecule has 0 saturated carbocycles. The molecule has 3 fully saturated rings. The summed E-state index contributed by atoms with van der Waals surface area (Å²) in [6.45, 7) is 8.25. The van der Waals surface area contributed by atoms with Crippen LogP contribution >= 0.6 is 54.8 Å². The van der Waals surface area contributed by atoms with E-state index in [1.165, 1.54) is 85.7 Å². The van der Waals surface area contributed by atoms with Gasteiger partial charge in [0, 0.05) is 123 Å². The number of nitrogens with one attached hydrogen (secondary N) is 11. The molecule has 18 N–H and O–H groups in total. The second-order valence-corrected chi connectivity index (χ2v) is 39.5. The van der Waals surface area contributed by atoms with Crippen LogP contribution in [0.5, 0.6) is 11.5 Å². The zero-order chi connectivity index (χ0) is 96.0. The number of rotatable bonds is 30. The number of aliphatic hydroxyl groups excluding tert-OH is 1. The summed E-state index contributed by atoms with van der Waals surface area (Å²) in [5, 5.41) is 60.2. The number of carbonyl (C=O) groups excluding carboxylic acids is 12. The number of hydrogen-bond donors (Lipinski definition) is 16. The Morgan fingerprint density at radius 2 is 1.41 bits per heavy atom. The van der Waals surface area contributed by atoms with E-state index in [2.05, 4.69) is 57.8 Å². The van der Waals surface area contributed by atoms with Crippen LogP contribution in [0.25, 0.3) is 21.8 Å². The van der Waals surface area contributed by atoms with Crippen molar-refractivity contribution in [2.75, 3.05) is 69.3 Å². The molecule has 2 aromatic heterocycles. The quantitative estimate of drug-likeness (QED) is 0.0112. The molecule has 4 bridgehead atoms. The lowest BCUT2D eigenvalue weighted by atomic mass is 9.83. The topological polar surface area (TPSA) is 513 Å². The maximum absolute atomic E-state index is 15.3. The van der Waals surface area contributed by atoms with Crippen LogP contribution in [0.2, 0.25) is 5.02 Å². The Bertz CT molecular complexity index is 5360. The number of nitrogens with zero attached hydrogens (tertiary/aromatic N) is 2. The molecule has 6 heterocycles. The first-order valence-electron chi connectivity index (χ1n) is 43.9. The van der Waals surface area contributed by atoms with Crippen LogP contribution in [0.15, 0.2) is 151 Å². The number of unbranched alkanes of at least 4 members (excludes halogenated alkanes) is 1. The molecule has 11 amide bonds. The van der Waals surface area contributed by atoms with Crippen LogP contribution in [0, 0.1) is 5.92 Å². The molecule has 11 rings (SSSR count). The first kappa shape index (κ1) is 103. The fourth-order valence-electron chi connectivity index (χ4n) is 16.1. The summed E-state index contributed by atoms with van der Waals surface area (Å²) >= 11 is 6.91. The summed E-state index contributed by atoms with van der Waals surface area (Å²) in [6, 6.07) is 19.8. The van der Waals surface area contributed by atoms with Crippen LogP contribution in [0.4, 0.5) is 10.5 Å². The Kier molecular flexibility index (Phi) is 36.9. The zero-order valence-corrected chi connectivity index (χ0v) is 79.4. The molecule has 133 heavy (non-hydrogen) atoms. The van der Waals surface area contributed by atoms with Crippen molar-refractivity contribution in [2.24, 2.45) is 17.4 Å². The van der Waals surface area contributed by atoms with E-state index in [0.717, 1.165) is 43.6 Å². The second kappa shape index (κ2) is 47.9. The van der Waals surface area contributed by atoms with E-state index < -0.39 is 180 Å². The predicted octanol–water partition coefficient (Wildman–Crippen LogP) is 5.67. The molecule has 3 saturated heterocycles. The van der Waals surface area contributed by atoms with Crippen molar-refractivity contribution in [3.8, 4) is 11.5 Å². The molecule has 4 aliphatic heterocycles. The van der Waals surface area contributed by atoms with Crippen LogP contribution < -0.4 is 69.0 Å². The highest BCUT2D eigenvalue weighted by atomic mass is 35.5. The van der Waals surface area contributed by atoms with Crippen molar-refractivity contribution in [3.63, 3.8) is 0 Å². The number of fused-ring (bicyclic) bond motifs is 7. The van der Waals surface area contributed by atoms with Gasteiger partial charge in [-0.25, -0.2) is 9.59 Å². The first-order valence-corrected chi connectivity index (χ1v) is 49.2. The monoisotopic (exact) mass is 1930 g/mol. The van der Waals surface area contributed by atoms with Gasteiger partial charge in [-0.3, -0.25) is 53.3 Å². The fraction of sp³-hybridized carbons (Fsp3) is 0.462. The van der Waals surface area contributed by atoms with Crippen LogP contribution in [0.3, 0.4) is 0 Å². The van der Waals surface area contributed by atoms with Gasteiger partial charge < -0.3 is 113 Å². The Hall–Kier alpha value is -10.8. The van der Waals surface area contributed by atoms with E-state index in [9.17, 15) is 53.7 Å². The number of amides is 11. The molecule has 0 radical (unpaired) electrons. The van der Waals surface area contributed by atoms with Crippen molar-refractivity contribution in [1.82, 2.24) is 62.7 Å². The number of aliphatic hydroxyl groups is 2. The number of carbonyl (C=O) groups is 12. The summed E-state index contributed by atoms with van der Waals surface area (Å²) in [5.74, 6) is -9.29. The molecule has 5 aromatic carbocycles. The SMILES string of the molecule is COc1cc2cc(c1Cl)N(C)C(=O)C[C@H](OC(=O)[C@H](C)N(C)C(=O)CCSSCCNC(=O)C(Cc1c[nH]c3ccccc13)NC(=O)[C@@H]1CSSC[C@H](NC(=O)[C@H](N)Cc3ccccc3)C(=O)N[C@@H](Cc3ccc(O)cc3)C(=O)N[C@H](Cc3c[nH]c4ccccc34)C(=O)N[C@@H](CCCCN)C(=O)N[C@@H]([C@@H](C)O)C(=O)N1)[C@]1(C)O[C@H]1[C@H](C)[C@@H]1C[C@@](O)(NC(=O)O1)[C@H](OC)/C=C/C=C(\C)C2. The average Bonchev–Trinajstić information content (AvgIpc) is 1.57. The fourth-order valence-corrected chi connectivity index (χ4v) is 20.7. The molecular formula is C93H118ClN15O20S4. The van der Waals surface area contributed by atoms with E-state index in [-0.39, 0.29) is 98.2 Å². The van der Waals surface area contributed by atoms with Crippen molar-refractivity contribution < 1.29 is 96.5 Å². The lowest BCUT2D eigenvalue weighted by Crippen LogP contribution is -2.63. The number of epoxide rings is 1. The number of hydrogen-bond acceptors (Lipinski definition) is 26. The number of phenols is 1. The van der Waals surface area contributed by atoms with Gasteiger partial charge in [-0.2, -0.15) is 0 Å². The number of ether oxygens (including phenoxy) is 5. The number of methoxy groups -OCH3 is 2. The predicted molar refractivity (Wildman–Crippen MR) is 510 cm³/mol. The van der Waals surface area contributed by atoms with E-state index in [0.29, 0.717) is 57.4 Å². The minimum atomic E-state index is -1.94. The van der Waals surface area contributed by atoms with Crippen LogP contribution in [0.1, 0.15) is 101 Å². The number of aromatic nitrogens is 2. The number of H-pyrrole nitrogens is 2. The number of esters is 1. The number of alkyl carbamates (subject to hydrolysis) is 1. The lowest BCUT2D eigenvalue weighted by Gasteiger charge is -2.42. The average molecular weight is 1930 g/mol. The Balaban J connectivity index is 0.789. The first-order chi connectivity index (χ1) is 63.6. The number of nitrogens with two attached hydrogens (primary N) is 2. The number of para-hydroxylation sites is 2. The van der Waals surface area contributed by atoms with Gasteiger partial charge in [-0.05, 0) is 131 Å². The highest BCUT2D eigenvalue weighted by Gasteiger charge is 2.65. The minimum Gasteiger partial charge on any atom is -0.508 e. The summed E-state index contributed by atoms with van der Waals surface area (Å²) in [6.07, 6.45) is 1.74. The summed E-state index contributed by atoms with van der Waals surface area (Å²) in [5.41, 5.74) is 14.9. The van der Waals surface area contributed by atoms with Gasteiger partial charge in [0.25, 0.3) is 0 Å². The molecular weight excluding hydrogens is 1810 g/mol. The Labute approximate surface area is 791 Å². The lowest BCUT2D eigenvalue weighted by molar-refractivity contribution is -0.162. The molecule has 35 nitrogen and oxygen atoms in total. The van der Waals surface area contributed by atoms with Gasteiger partial charge in [0.2, 0.25) is 59.1 Å². The maximum Gasteiger partial charge on any atom is 0.409 e. The van der Waals surface area contributed by atoms with Crippen molar-refractivity contribution in [1.29, 1.82) is 0 Å². The van der Waals surface area contributed by atoms with Crippen LogP contribution in [-0.4, -0.2) is 262 Å². The third kappa shape index (κ3) is 27.5. The third-order valence-corrected chi connectivity index (χ3v) is 29.3. The van der Waals surface area contributed by atoms with Gasteiger partial charge in [0.15, 0.2) is 5.72 Å². The van der Waals surface area contributed by atoms with Gasteiger partial charge in [-0.15, -0.1) is 0 Å². The molecule has 0 spiro atoms. The van der Waals surface area contributed by atoms with Crippen LogP contribution in [-0.2, 0) is 104 Å². The number of benzene rings is 5. The molecule has 17 atom stereocenters. The van der Waals surface area contributed by atoms with Gasteiger partial charge in [-0.1, -0.05) is 164 Å². The van der Waals surface area contributed by atoms with E-state index in [1.807, 2.05) is 49.4 Å². The number of halogens is 1. The number of allylic oxidation sites excluding steroid dienone is 3. The number of anilines is 1. The largest absolute Gasteiger partial charge is 0.508 e. The molecule has 716 valence electrons. The summed E-state index contributed by atoms with van der Waals surface area (Å²) in [7, 11) is 10.4.